The molecule has 1 aromatic heterocycles. The molecule has 2 fully saturated rings. The lowest BCUT2D eigenvalue weighted by atomic mass is 10.00. The van der Waals surface area contributed by atoms with E-state index in [1.807, 2.05) is 66.7 Å². The van der Waals surface area contributed by atoms with Crippen molar-refractivity contribution in [2.45, 2.75) is 50.3 Å². The van der Waals surface area contributed by atoms with Gasteiger partial charge >= 0.3 is 12.1 Å². The predicted octanol–water partition coefficient (Wildman–Crippen LogP) is 5.14. The van der Waals surface area contributed by atoms with Crippen molar-refractivity contribution in [3.05, 3.63) is 119 Å². The van der Waals surface area contributed by atoms with Crippen molar-refractivity contribution in [2.75, 3.05) is 17.2 Å². The van der Waals surface area contributed by atoms with Crippen LogP contribution in [-0.4, -0.2) is 63.1 Å². The Hall–Kier alpha value is -4.90. The average molecular weight is 639 g/mol. The van der Waals surface area contributed by atoms with Crippen LogP contribution in [0.1, 0.15) is 44.4 Å². The van der Waals surface area contributed by atoms with E-state index in [2.05, 4.69) is 10.3 Å². The van der Waals surface area contributed by atoms with Gasteiger partial charge in [-0.25, -0.2) is 9.59 Å². The molecule has 0 bridgehead atoms. The first-order valence-corrected chi connectivity index (χ1v) is 16.1. The summed E-state index contributed by atoms with van der Waals surface area (Å²) < 4.78 is 11.6. The van der Waals surface area contributed by atoms with E-state index >= 15 is 0 Å². The Kier molecular flexibility index (Phi) is 8.68. The maximum absolute atomic E-state index is 14.2. The zero-order valence-corrected chi connectivity index (χ0v) is 26.5. The van der Waals surface area contributed by atoms with Gasteiger partial charge in [0.25, 0.3) is 11.8 Å². The molecule has 0 saturated carbocycles. The molecule has 2 aromatic carbocycles. The van der Waals surface area contributed by atoms with Crippen LogP contribution in [0, 0.1) is 0 Å². The standard InChI is InChI=1S/C35H34N4O6S/c1-35(2,3)45-34(43)37-27-31(41)39-28(33(42)44-29(22-11-6-4-7-12-22)23-13-8-5-9-14-23)25(21-46-32(27)39)19-24-16-18-38(30(24)40)26-15-10-17-36-20-26/h4-15,17,19-20,27,29,32H,16,18,21H2,1-3H3,(H,37,43)/t27-,32-/m1/s1. The van der Waals surface area contributed by atoms with Gasteiger partial charge in [0.05, 0.1) is 11.9 Å². The summed E-state index contributed by atoms with van der Waals surface area (Å²) >= 11 is 1.40. The molecular weight excluding hydrogens is 604 g/mol. The lowest BCUT2D eigenvalue weighted by molar-refractivity contribution is -0.153. The smallest absolute Gasteiger partial charge is 0.408 e. The molecule has 3 aliphatic rings. The SMILES string of the molecule is CC(C)(C)OC(=O)N[C@@H]1C(=O)N2C(C(=O)OC(c3ccccc3)c3ccccc3)=C(C=C3CCN(c4cccnc4)C3=O)CS[C@H]12. The van der Waals surface area contributed by atoms with Gasteiger partial charge in [-0.2, -0.15) is 0 Å². The minimum atomic E-state index is -0.884. The van der Waals surface area contributed by atoms with Crippen molar-refractivity contribution >= 4 is 41.3 Å². The Bertz CT molecular complexity index is 1670. The number of nitrogens with zero attached hydrogens (tertiary/aromatic N) is 3. The van der Waals surface area contributed by atoms with Crippen LogP contribution in [0.15, 0.2) is 108 Å². The lowest BCUT2D eigenvalue weighted by Gasteiger charge is -2.49. The highest BCUT2D eigenvalue weighted by molar-refractivity contribution is 8.00. The maximum atomic E-state index is 14.2. The maximum Gasteiger partial charge on any atom is 0.408 e. The Labute approximate surface area is 271 Å². The minimum absolute atomic E-state index is 0.0629. The van der Waals surface area contributed by atoms with Gasteiger partial charge in [-0.3, -0.25) is 19.5 Å². The number of fused-ring (bicyclic) bond motifs is 1. The van der Waals surface area contributed by atoms with E-state index in [1.54, 1.807) is 50.2 Å². The fraction of sp³-hybridized carbons (Fsp3) is 0.286. The quantitative estimate of drug-likeness (QED) is 0.215. The molecule has 0 spiro atoms. The Morgan fingerprint density at radius 1 is 1.00 bits per heavy atom. The molecule has 2 saturated heterocycles. The Morgan fingerprint density at radius 2 is 1.67 bits per heavy atom. The van der Waals surface area contributed by atoms with Crippen LogP contribution >= 0.6 is 11.8 Å². The number of carbonyl (C=O) groups excluding carboxylic acids is 4. The molecule has 6 rings (SSSR count). The van der Waals surface area contributed by atoms with Crippen LogP contribution < -0.4 is 10.2 Å². The number of β-lactam (4-membered cyclic amide) rings is 1. The van der Waals surface area contributed by atoms with E-state index in [0.29, 0.717) is 35.6 Å². The number of amides is 3. The number of pyridine rings is 1. The number of hydrogen-bond acceptors (Lipinski definition) is 8. The van der Waals surface area contributed by atoms with Crippen molar-refractivity contribution in [2.24, 2.45) is 0 Å². The number of hydrogen-bond donors (Lipinski definition) is 1. The number of thioether (sulfide) groups is 1. The van der Waals surface area contributed by atoms with Gasteiger partial charge in [-0.1, -0.05) is 60.7 Å². The van der Waals surface area contributed by atoms with Crippen LogP contribution in [0.5, 0.6) is 0 Å². The third-order valence-corrected chi connectivity index (χ3v) is 9.03. The van der Waals surface area contributed by atoms with E-state index in [-0.39, 0.29) is 11.6 Å². The molecule has 10 nitrogen and oxygen atoms in total. The molecule has 3 amide bonds. The molecule has 0 unspecified atom stereocenters. The summed E-state index contributed by atoms with van der Waals surface area (Å²) in [6, 6.07) is 21.4. The largest absolute Gasteiger partial charge is 0.448 e. The first-order chi connectivity index (χ1) is 22.1. The van der Waals surface area contributed by atoms with Crippen LogP contribution in [-0.2, 0) is 23.9 Å². The molecule has 3 aromatic rings. The summed E-state index contributed by atoms with van der Waals surface area (Å²) in [5, 5.41) is 2.11. The predicted molar refractivity (Wildman–Crippen MR) is 173 cm³/mol. The number of allylic oxidation sites excluding steroid dienone is 1. The summed E-state index contributed by atoms with van der Waals surface area (Å²) in [4.78, 5) is 61.0. The van der Waals surface area contributed by atoms with E-state index in [4.69, 9.17) is 9.47 Å². The second kappa shape index (κ2) is 12.8. The van der Waals surface area contributed by atoms with Gasteiger partial charge in [0.1, 0.15) is 22.7 Å². The molecule has 11 heteroatoms. The fourth-order valence-electron chi connectivity index (χ4n) is 5.64. The van der Waals surface area contributed by atoms with Crippen LogP contribution in [0.25, 0.3) is 0 Å². The first kappa shape index (κ1) is 31.1. The molecule has 3 aliphatic heterocycles. The van der Waals surface area contributed by atoms with Gasteiger partial charge in [-0.15, -0.1) is 11.8 Å². The summed E-state index contributed by atoms with van der Waals surface area (Å²) in [6.45, 7) is 5.68. The van der Waals surface area contributed by atoms with Gasteiger partial charge in [0.15, 0.2) is 6.10 Å². The van der Waals surface area contributed by atoms with Gasteiger partial charge in [0.2, 0.25) is 0 Å². The van der Waals surface area contributed by atoms with Crippen molar-refractivity contribution in [3.8, 4) is 0 Å². The highest BCUT2D eigenvalue weighted by atomic mass is 32.2. The number of alkyl carbamates (subject to hydrolysis) is 1. The summed E-state index contributed by atoms with van der Waals surface area (Å²) in [5.74, 6) is -1.03. The monoisotopic (exact) mass is 638 g/mol. The molecule has 46 heavy (non-hydrogen) atoms. The van der Waals surface area contributed by atoms with Crippen molar-refractivity contribution < 1.29 is 28.7 Å². The minimum Gasteiger partial charge on any atom is -0.448 e. The molecule has 0 aliphatic carbocycles. The third kappa shape index (κ3) is 6.41. The van der Waals surface area contributed by atoms with Gasteiger partial charge in [0, 0.05) is 24.1 Å². The second-order valence-electron chi connectivity index (χ2n) is 12.1. The normalized spacial score (nSPS) is 20.5. The van der Waals surface area contributed by atoms with Crippen LogP contribution in [0.3, 0.4) is 0 Å². The lowest BCUT2D eigenvalue weighted by Crippen LogP contribution is -2.70. The first-order valence-electron chi connectivity index (χ1n) is 15.0. The number of esters is 1. The van der Waals surface area contributed by atoms with E-state index in [0.717, 1.165) is 11.1 Å². The summed E-state index contributed by atoms with van der Waals surface area (Å²) in [6.07, 6.45) is 3.99. The van der Waals surface area contributed by atoms with Crippen molar-refractivity contribution in [1.82, 2.24) is 15.2 Å². The van der Waals surface area contributed by atoms with E-state index in [9.17, 15) is 19.2 Å². The molecular formula is C35H34N4O6S. The topological polar surface area (TPSA) is 118 Å². The van der Waals surface area contributed by atoms with E-state index in [1.165, 1.54) is 16.7 Å². The summed E-state index contributed by atoms with van der Waals surface area (Å²) in [5.41, 5.74) is 2.56. The Morgan fingerprint density at radius 3 is 2.28 bits per heavy atom. The van der Waals surface area contributed by atoms with Crippen molar-refractivity contribution in [1.29, 1.82) is 0 Å². The number of aromatic nitrogens is 1. The highest BCUT2D eigenvalue weighted by Gasteiger charge is 2.55. The van der Waals surface area contributed by atoms with Crippen molar-refractivity contribution in [3.63, 3.8) is 0 Å². The number of nitrogens with one attached hydrogen (secondary N) is 1. The van der Waals surface area contributed by atoms with Gasteiger partial charge < -0.3 is 19.7 Å². The van der Waals surface area contributed by atoms with Gasteiger partial charge in [-0.05, 0) is 62.1 Å². The van der Waals surface area contributed by atoms with Crippen LogP contribution in [0.2, 0.25) is 0 Å². The highest BCUT2D eigenvalue weighted by Crippen LogP contribution is 2.43. The zero-order valence-electron chi connectivity index (χ0n) is 25.7. The molecule has 2 atom stereocenters. The zero-order chi connectivity index (χ0) is 32.4. The second-order valence-corrected chi connectivity index (χ2v) is 13.2. The molecule has 236 valence electrons. The number of benzene rings is 2. The average Bonchev–Trinajstić information content (AvgIpc) is 3.41. The molecule has 4 heterocycles. The van der Waals surface area contributed by atoms with E-state index < -0.39 is 41.1 Å². The number of rotatable bonds is 7. The van der Waals surface area contributed by atoms with Crippen LogP contribution in [0.4, 0.5) is 10.5 Å². The number of carbonyl (C=O) groups is 4. The molecule has 1 N–H and O–H groups in total. The fourth-order valence-corrected chi connectivity index (χ4v) is 6.95. The summed E-state index contributed by atoms with van der Waals surface area (Å²) in [7, 11) is 0. The number of anilines is 1. The number of ether oxygens (including phenoxy) is 2. The third-order valence-electron chi connectivity index (χ3n) is 7.72. The Balaban J connectivity index is 1.34. The molecule has 0 radical (unpaired) electrons.